The van der Waals surface area contributed by atoms with Crippen LogP contribution in [0.25, 0.3) is 10.9 Å². The van der Waals surface area contributed by atoms with Crippen LogP contribution >= 0.6 is 0 Å². The van der Waals surface area contributed by atoms with Crippen molar-refractivity contribution in [3.8, 4) is 0 Å². The number of nitrogens with one attached hydrogen (secondary N) is 3. The Kier molecular flexibility index (Phi) is 4.59. The number of sulfonamides is 1. The number of aromatic amines is 1. The third kappa shape index (κ3) is 3.65. The number of rotatable bonds is 5. The fourth-order valence-electron chi connectivity index (χ4n) is 2.40. The molecule has 0 unspecified atom stereocenters. The van der Waals surface area contributed by atoms with Crippen molar-refractivity contribution in [2.75, 3.05) is 10.0 Å². The summed E-state index contributed by atoms with van der Waals surface area (Å²) in [5.41, 5.74) is 0.804. The van der Waals surface area contributed by atoms with E-state index in [0.29, 0.717) is 16.6 Å². The number of aromatic nitrogens is 1. The number of H-pyrrole nitrogens is 1. The fraction of sp³-hybridized carbons (Fsp3) is 0. The second kappa shape index (κ2) is 6.85. The van der Waals surface area contributed by atoms with Gasteiger partial charge in [-0.3, -0.25) is 14.3 Å². The summed E-state index contributed by atoms with van der Waals surface area (Å²) < 4.78 is 25.4. The zero-order chi connectivity index (χ0) is 18.7. The van der Waals surface area contributed by atoms with Crippen LogP contribution in [-0.2, 0) is 10.0 Å². The van der Waals surface area contributed by atoms with Crippen molar-refractivity contribution in [3.05, 3.63) is 82.5 Å². The highest BCUT2D eigenvalue weighted by Gasteiger charge is 2.13. The topological polar surface area (TPSA) is 108 Å². The molecule has 0 atom stereocenters. The van der Waals surface area contributed by atoms with Crippen LogP contribution in [-0.4, -0.2) is 19.3 Å². The van der Waals surface area contributed by atoms with Gasteiger partial charge in [-0.15, -0.1) is 0 Å². The van der Waals surface area contributed by atoms with Crippen LogP contribution in [0, 0.1) is 0 Å². The lowest BCUT2D eigenvalue weighted by atomic mass is 10.1. The molecule has 1 heterocycles. The highest BCUT2D eigenvalue weighted by atomic mass is 32.2. The van der Waals surface area contributed by atoms with Gasteiger partial charge in [0.15, 0.2) is 0 Å². The number of para-hydroxylation sites is 1. The zero-order valence-electron chi connectivity index (χ0n) is 13.5. The molecule has 0 aliphatic carbocycles. The predicted octanol–water partition coefficient (Wildman–Crippen LogP) is 2.67. The SMILES string of the molecule is C=CS(=O)(=O)Nc1cccc(NC(=O)c2c[nH]c3ccccc3c2=O)c1. The Morgan fingerprint density at radius 1 is 1.08 bits per heavy atom. The molecule has 3 rings (SSSR count). The molecule has 2 aromatic carbocycles. The Balaban J connectivity index is 1.88. The number of carbonyl (C=O) groups excluding carboxylic acids is 1. The van der Waals surface area contributed by atoms with Crippen LogP contribution in [0.1, 0.15) is 10.4 Å². The molecule has 0 spiro atoms. The molecule has 8 heteroatoms. The van der Waals surface area contributed by atoms with Gasteiger partial charge in [0.2, 0.25) is 5.43 Å². The van der Waals surface area contributed by atoms with Crippen LogP contribution in [0.4, 0.5) is 11.4 Å². The number of benzene rings is 2. The molecule has 1 amide bonds. The third-order valence-corrected chi connectivity index (χ3v) is 4.59. The average Bonchev–Trinajstić information content (AvgIpc) is 2.62. The van der Waals surface area contributed by atoms with Crippen LogP contribution in [0.3, 0.4) is 0 Å². The highest BCUT2D eigenvalue weighted by molar-refractivity contribution is 7.95. The fourth-order valence-corrected chi connectivity index (χ4v) is 2.94. The number of pyridine rings is 1. The summed E-state index contributed by atoms with van der Waals surface area (Å²) >= 11 is 0. The van der Waals surface area contributed by atoms with E-state index in [2.05, 4.69) is 21.6 Å². The van der Waals surface area contributed by atoms with Crippen LogP contribution in [0.2, 0.25) is 0 Å². The second-order valence-electron chi connectivity index (χ2n) is 5.43. The molecular weight excluding hydrogens is 354 g/mol. The van der Waals surface area contributed by atoms with Gasteiger partial charge >= 0.3 is 0 Å². The maximum absolute atomic E-state index is 12.5. The summed E-state index contributed by atoms with van der Waals surface area (Å²) in [5.74, 6) is -0.597. The first-order chi connectivity index (χ1) is 12.4. The van der Waals surface area contributed by atoms with Crippen molar-refractivity contribution in [1.82, 2.24) is 4.98 Å². The van der Waals surface area contributed by atoms with Crippen LogP contribution in [0.15, 0.2) is 71.5 Å². The van der Waals surface area contributed by atoms with Gasteiger partial charge in [0.25, 0.3) is 15.9 Å². The third-order valence-electron chi connectivity index (χ3n) is 3.63. The molecule has 0 fully saturated rings. The van der Waals surface area contributed by atoms with E-state index in [-0.39, 0.29) is 16.7 Å². The van der Waals surface area contributed by atoms with E-state index in [1.807, 2.05) is 0 Å². The summed E-state index contributed by atoms with van der Waals surface area (Å²) in [7, 11) is -3.65. The van der Waals surface area contributed by atoms with Crippen molar-refractivity contribution in [1.29, 1.82) is 0 Å². The summed E-state index contributed by atoms with van der Waals surface area (Å²) in [6.45, 7) is 3.22. The molecule has 3 N–H and O–H groups in total. The minimum Gasteiger partial charge on any atom is -0.360 e. The quantitative estimate of drug-likeness (QED) is 0.642. The first-order valence-corrected chi connectivity index (χ1v) is 9.11. The van der Waals surface area contributed by atoms with E-state index < -0.39 is 15.9 Å². The highest BCUT2D eigenvalue weighted by Crippen LogP contribution is 2.17. The van der Waals surface area contributed by atoms with E-state index in [1.165, 1.54) is 18.3 Å². The molecular formula is C18H15N3O4S. The number of anilines is 2. The first kappa shape index (κ1) is 17.4. The Bertz CT molecular complexity index is 1170. The lowest BCUT2D eigenvalue weighted by molar-refractivity contribution is 0.102. The maximum atomic E-state index is 12.5. The molecule has 0 aliphatic rings. The van der Waals surface area contributed by atoms with Gasteiger partial charge in [-0.05, 0) is 30.3 Å². The predicted molar refractivity (Wildman–Crippen MR) is 102 cm³/mol. The van der Waals surface area contributed by atoms with Crippen LogP contribution < -0.4 is 15.5 Å². The summed E-state index contributed by atoms with van der Waals surface area (Å²) in [6, 6.07) is 13.0. The molecule has 1 aromatic heterocycles. The molecule has 7 nitrogen and oxygen atoms in total. The average molecular weight is 369 g/mol. The van der Waals surface area contributed by atoms with Gasteiger partial charge in [0, 0.05) is 28.2 Å². The Morgan fingerprint density at radius 3 is 2.58 bits per heavy atom. The Labute approximate surface area is 149 Å². The molecule has 0 saturated heterocycles. The normalized spacial score (nSPS) is 11.1. The summed E-state index contributed by atoms with van der Waals surface area (Å²) in [6.07, 6.45) is 1.35. The van der Waals surface area contributed by atoms with E-state index in [4.69, 9.17) is 0 Å². The zero-order valence-corrected chi connectivity index (χ0v) is 14.3. The van der Waals surface area contributed by atoms with E-state index >= 15 is 0 Å². The maximum Gasteiger partial charge on any atom is 0.261 e. The molecule has 132 valence electrons. The first-order valence-electron chi connectivity index (χ1n) is 7.57. The van der Waals surface area contributed by atoms with Crippen molar-refractivity contribution in [3.63, 3.8) is 0 Å². The van der Waals surface area contributed by atoms with E-state index in [9.17, 15) is 18.0 Å². The number of carbonyl (C=O) groups is 1. The van der Waals surface area contributed by atoms with Gasteiger partial charge in [-0.1, -0.05) is 24.8 Å². The van der Waals surface area contributed by atoms with Gasteiger partial charge in [0.1, 0.15) is 5.56 Å². The van der Waals surface area contributed by atoms with E-state index in [0.717, 1.165) is 5.41 Å². The van der Waals surface area contributed by atoms with Gasteiger partial charge in [-0.25, -0.2) is 8.42 Å². The van der Waals surface area contributed by atoms with Crippen molar-refractivity contribution < 1.29 is 13.2 Å². The lowest BCUT2D eigenvalue weighted by Crippen LogP contribution is -2.22. The van der Waals surface area contributed by atoms with Crippen molar-refractivity contribution in [2.45, 2.75) is 0 Å². The van der Waals surface area contributed by atoms with Gasteiger partial charge in [0.05, 0.1) is 5.69 Å². The smallest absolute Gasteiger partial charge is 0.261 e. The number of hydrogen-bond acceptors (Lipinski definition) is 4. The number of fused-ring (bicyclic) bond motifs is 1. The minimum absolute atomic E-state index is 0.0409. The molecule has 0 aliphatic heterocycles. The van der Waals surface area contributed by atoms with Gasteiger partial charge in [-0.2, -0.15) is 0 Å². The minimum atomic E-state index is -3.65. The molecule has 0 saturated carbocycles. The molecule has 3 aromatic rings. The number of amides is 1. The monoisotopic (exact) mass is 369 g/mol. The standard InChI is InChI=1S/C18H15N3O4S/c1-2-26(24,25)21-13-7-5-6-12(10-13)20-18(23)15-11-19-16-9-4-3-8-14(16)17(15)22/h2-11,21H,1H2,(H,19,22)(H,20,23). The lowest BCUT2D eigenvalue weighted by Gasteiger charge is -2.09. The van der Waals surface area contributed by atoms with Gasteiger partial charge < -0.3 is 10.3 Å². The van der Waals surface area contributed by atoms with Crippen LogP contribution in [0.5, 0.6) is 0 Å². The van der Waals surface area contributed by atoms with E-state index in [1.54, 1.807) is 36.4 Å². The molecule has 0 radical (unpaired) electrons. The summed E-state index contributed by atoms with van der Waals surface area (Å²) in [4.78, 5) is 27.8. The Hall–Kier alpha value is -3.39. The summed E-state index contributed by atoms with van der Waals surface area (Å²) in [5, 5.41) is 3.78. The molecule has 26 heavy (non-hydrogen) atoms. The number of hydrogen-bond donors (Lipinski definition) is 3. The Morgan fingerprint density at radius 2 is 1.81 bits per heavy atom. The molecule has 0 bridgehead atoms. The van der Waals surface area contributed by atoms with Crippen molar-refractivity contribution >= 4 is 38.2 Å². The van der Waals surface area contributed by atoms with Crippen molar-refractivity contribution in [2.24, 2.45) is 0 Å². The largest absolute Gasteiger partial charge is 0.360 e. The second-order valence-corrected chi connectivity index (χ2v) is 7.05.